The third kappa shape index (κ3) is 4.24. The van der Waals surface area contributed by atoms with E-state index in [0.29, 0.717) is 23.7 Å². The SMILES string of the molecule is CCCn1nc(C(=O)NNC(=O)/C=C/c2cccc3cccnc23)c2ccccc2c1=O. The highest BCUT2D eigenvalue weighted by atomic mass is 16.2. The first-order valence-corrected chi connectivity index (χ1v) is 10.2. The highest BCUT2D eigenvalue weighted by molar-refractivity contribution is 6.05. The Balaban J connectivity index is 1.52. The van der Waals surface area contributed by atoms with Crippen LogP contribution < -0.4 is 16.4 Å². The largest absolute Gasteiger partial charge is 0.290 e. The monoisotopic (exact) mass is 427 g/mol. The number of aryl methyl sites for hydroxylation is 1. The van der Waals surface area contributed by atoms with Crippen molar-refractivity contribution < 1.29 is 9.59 Å². The second-order valence-electron chi connectivity index (χ2n) is 7.12. The number of pyridine rings is 1. The summed E-state index contributed by atoms with van der Waals surface area (Å²) in [5, 5.41) is 6.00. The molecule has 0 aliphatic heterocycles. The van der Waals surface area contributed by atoms with Gasteiger partial charge in [0, 0.05) is 35.2 Å². The van der Waals surface area contributed by atoms with E-state index < -0.39 is 11.8 Å². The van der Waals surface area contributed by atoms with Gasteiger partial charge >= 0.3 is 0 Å². The molecule has 8 heteroatoms. The molecule has 0 spiro atoms. The third-order valence-electron chi connectivity index (χ3n) is 4.90. The maximum absolute atomic E-state index is 12.7. The van der Waals surface area contributed by atoms with Crippen LogP contribution in [0.2, 0.25) is 0 Å². The van der Waals surface area contributed by atoms with Gasteiger partial charge in [0.1, 0.15) is 0 Å². The van der Waals surface area contributed by atoms with Gasteiger partial charge in [-0.15, -0.1) is 0 Å². The average molecular weight is 427 g/mol. The fourth-order valence-corrected chi connectivity index (χ4v) is 3.41. The normalized spacial score (nSPS) is 11.2. The minimum atomic E-state index is -0.611. The first-order chi connectivity index (χ1) is 15.6. The van der Waals surface area contributed by atoms with Gasteiger partial charge < -0.3 is 0 Å². The van der Waals surface area contributed by atoms with Crippen LogP contribution in [0.15, 0.2) is 71.7 Å². The number of hydrazine groups is 1. The molecule has 4 rings (SSSR count). The molecule has 160 valence electrons. The van der Waals surface area contributed by atoms with Gasteiger partial charge in [0.25, 0.3) is 17.4 Å². The zero-order valence-electron chi connectivity index (χ0n) is 17.4. The minimum Gasteiger partial charge on any atom is -0.268 e. The molecule has 2 amide bonds. The summed E-state index contributed by atoms with van der Waals surface area (Å²) in [5.41, 5.74) is 6.09. The topological polar surface area (TPSA) is 106 Å². The molecule has 4 aromatic rings. The van der Waals surface area contributed by atoms with Crippen molar-refractivity contribution in [1.29, 1.82) is 0 Å². The molecule has 2 aromatic heterocycles. The van der Waals surface area contributed by atoms with E-state index in [1.54, 1.807) is 36.5 Å². The van der Waals surface area contributed by atoms with Crippen LogP contribution in [0.25, 0.3) is 27.8 Å². The summed E-state index contributed by atoms with van der Waals surface area (Å²) in [4.78, 5) is 41.9. The number of nitrogens with one attached hydrogen (secondary N) is 2. The molecule has 0 aliphatic rings. The van der Waals surface area contributed by atoms with Crippen molar-refractivity contribution >= 4 is 39.6 Å². The number of hydrogen-bond donors (Lipinski definition) is 2. The molecule has 8 nitrogen and oxygen atoms in total. The van der Waals surface area contributed by atoms with E-state index in [1.165, 1.54) is 10.8 Å². The van der Waals surface area contributed by atoms with E-state index in [4.69, 9.17) is 0 Å². The predicted octanol–water partition coefficient (Wildman–Crippen LogP) is 2.83. The van der Waals surface area contributed by atoms with E-state index in [-0.39, 0.29) is 11.3 Å². The van der Waals surface area contributed by atoms with E-state index in [1.807, 2.05) is 37.3 Å². The lowest BCUT2D eigenvalue weighted by molar-refractivity contribution is -0.117. The lowest BCUT2D eigenvalue weighted by Gasteiger charge is -2.10. The zero-order chi connectivity index (χ0) is 22.5. The Hall–Kier alpha value is -4.33. The number of carbonyl (C=O) groups excluding carboxylic acids is 2. The van der Waals surface area contributed by atoms with Crippen LogP contribution in [0.4, 0.5) is 0 Å². The number of nitrogens with zero attached hydrogens (tertiary/aromatic N) is 3. The summed E-state index contributed by atoms with van der Waals surface area (Å²) < 4.78 is 1.27. The highest BCUT2D eigenvalue weighted by Gasteiger charge is 2.16. The quantitative estimate of drug-likeness (QED) is 0.376. The first-order valence-electron chi connectivity index (χ1n) is 10.2. The van der Waals surface area contributed by atoms with E-state index in [9.17, 15) is 14.4 Å². The van der Waals surface area contributed by atoms with Crippen molar-refractivity contribution in [1.82, 2.24) is 25.6 Å². The Morgan fingerprint density at radius 3 is 2.59 bits per heavy atom. The number of para-hydroxylation sites is 1. The summed E-state index contributed by atoms with van der Waals surface area (Å²) >= 11 is 0. The average Bonchev–Trinajstić information content (AvgIpc) is 2.83. The summed E-state index contributed by atoms with van der Waals surface area (Å²) in [7, 11) is 0. The molecule has 2 N–H and O–H groups in total. The molecule has 0 aliphatic carbocycles. The molecule has 0 atom stereocenters. The number of amides is 2. The van der Waals surface area contributed by atoms with Crippen molar-refractivity contribution in [2.45, 2.75) is 19.9 Å². The van der Waals surface area contributed by atoms with Crippen molar-refractivity contribution in [2.24, 2.45) is 0 Å². The van der Waals surface area contributed by atoms with Gasteiger partial charge in [0.05, 0.1) is 10.9 Å². The Morgan fingerprint density at radius 1 is 1.00 bits per heavy atom. The molecule has 0 unspecified atom stereocenters. The van der Waals surface area contributed by atoms with Crippen LogP contribution in [0.3, 0.4) is 0 Å². The van der Waals surface area contributed by atoms with Crippen LogP contribution in [0, 0.1) is 0 Å². The van der Waals surface area contributed by atoms with E-state index in [0.717, 1.165) is 16.5 Å². The van der Waals surface area contributed by atoms with E-state index >= 15 is 0 Å². The molecule has 0 fully saturated rings. The maximum atomic E-state index is 12.7. The fourth-order valence-electron chi connectivity index (χ4n) is 3.41. The summed E-state index contributed by atoms with van der Waals surface area (Å²) in [5.74, 6) is -1.13. The number of aromatic nitrogens is 3. The van der Waals surface area contributed by atoms with Crippen molar-refractivity contribution in [3.8, 4) is 0 Å². The standard InChI is InChI=1S/C24H21N5O3/c1-2-15-29-24(32)19-11-4-3-10-18(19)22(28-29)23(31)27-26-20(30)13-12-17-8-5-7-16-9-6-14-25-21(16)17/h3-14H,2,15H2,1H3,(H,26,30)(H,27,31)/b13-12+. The van der Waals surface area contributed by atoms with Crippen LogP contribution in [0.5, 0.6) is 0 Å². The Morgan fingerprint density at radius 2 is 1.78 bits per heavy atom. The molecule has 0 saturated carbocycles. The van der Waals surface area contributed by atoms with Gasteiger partial charge in [0.15, 0.2) is 5.69 Å². The third-order valence-corrected chi connectivity index (χ3v) is 4.90. The summed E-state index contributed by atoms with van der Waals surface area (Å²) in [6.45, 7) is 2.30. The molecule has 0 saturated heterocycles. The Bertz CT molecular complexity index is 1400. The molecule has 2 aromatic carbocycles. The maximum Gasteiger partial charge on any atom is 0.290 e. The predicted molar refractivity (Wildman–Crippen MR) is 123 cm³/mol. The van der Waals surface area contributed by atoms with Crippen molar-refractivity contribution in [3.63, 3.8) is 0 Å². The van der Waals surface area contributed by atoms with Gasteiger partial charge in [-0.1, -0.05) is 49.4 Å². The Kier molecular flexibility index (Phi) is 6.03. The van der Waals surface area contributed by atoms with Crippen molar-refractivity contribution in [3.05, 3.63) is 88.5 Å². The number of rotatable bonds is 5. The van der Waals surface area contributed by atoms with Crippen LogP contribution in [-0.2, 0) is 11.3 Å². The summed E-state index contributed by atoms with van der Waals surface area (Å²) in [6, 6.07) is 16.2. The molecular formula is C24H21N5O3. The smallest absolute Gasteiger partial charge is 0.268 e. The summed E-state index contributed by atoms with van der Waals surface area (Å²) in [6.07, 6.45) is 5.32. The van der Waals surface area contributed by atoms with Gasteiger partial charge in [-0.2, -0.15) is 5.10 Å². The van der Waals surface area contributed by atoms with Gasteiger partial charge in [-0.3, -0.25) is 30.2 Å². The number of benzene rings is 2. The van der Waals surface area contributed by atoms with Gasteiger partial charge in [0.2, 0.25) is 0 Å². The van der Waals surface area contributed by atoms with Gasteiger partial charge in [-0.05, 0) is 24.6 Å². The number of fused-ring (bicyclic) bond motifs is 2. The van der Waals surface area contributed by atoms with Crippen LogP contribution >= 0.6 is 0 Å². The fraction of sp³-hybridized carbons (Fsp3) is 0.125. The van der Waals surface area contributed by atoms with Crippen molar-refractivity contribution in [2.75, 3.05) is 0 Å². The molecule has 32 heavy (non-hydrogen) atoms. The molecule has 0 radical (unpaired) electrons. The molecular weight excluding hydrogens is 406 g/mol. The zero-order valence-corrected chi connectivity index (χ0v) is 17.4. The first kappa shape index (κ1) is 20.9. The van der Waals surface area contributed by atoms with Crippen LogP contribution in [-0.4, -0.2) is 26.6 Å². The lowest BCUT2D eigenvalue weighted by atomic mass is 10.1. The second-order valence-corrected chi connectivity index (χ2v) is 7.12. The lowest BCUT2D eigenvalue weighted by Crippen LogP contribution is -2.42. The van der Waals surface area contributed by atoms with Crippen LogP contribution in [0.1, 0.15) is 29.4 Å². The minimum absolute atomic E-state index is 0.0659. The number of hydrogen-bond acceptors (Lipinski definition) is 5. The van der Waals surface area contributed by atoms with Gasteiger partial charge in [-0.25, -0.2) is 4.68 Å². The molecule has 2 heterocycles. The second kappa shape index (κ2) is 9.22. The highest BCUT2D eigenvalue weighted by Crippen LogP contribution is 2.17. The Labute approximate surface area is 183 Å². The number of carbonyl (C=O) groups is 2. The van der Waals surface area contributed by atoms with E-state index in [2.05, 4.69) is 20.9 Å². The molecule has 0 bridgehead atoms.